The first-order chi connectivity index (χ1) is 14.2. The number of aliphatic imine (C=N–C) groups is 1. The van der Waals surface area contributed by atoms with Crippen molar-refractivity contribution < 1.29 is 0 Å². The molecule has 4 aliphatic heterocycles. The van der Waals surface area contributed by atoms with Crippen molar-refractivity contribution in [1.29, 1.82) is 0 Å². The van der Waals surface area contributed by atoms with Crippen molar-refractivity contribution in [2.45, 2.75) is 37.4 Å². The molecule has 5 rings (SSSR count). The third-order valence-corrected chi connectivity index (χ3v) is 6.86. The maximum absolute atomic E-state index is 6.42. The fourth-order valence-electron chi connectivity index (χ4n) is 4.88. The molecule has 29 heavy (non-hydrogen) atoms. The maximum Gasteiger partial charge on any atom is 0.129 e. The third kappa shape index (κ3) is 3.81. The van der Waals surface area contributed by atoms with Crippen LogP contribution in [-0.2, 0) is 0 Å². The number of aromatic nitrogens is 1. The number of nitrogens with one attached hydrogen (secondary N) is 1. The molecule has 0 amide bonds. The highest BCUT2D eigenvalue weighted by Crippen LogP contribution is 2.32. The molecule has 4 aliphatic rings. The van der Waals surface area contributed by atoms with Gasteiger partial charge in [-0.3, -0.25) is 9.98 Å². The summed E-state index contributed by atoms with van der Waals surface area (Å²) in [5.41, 5.74) is 0.972. The molecule has 2 saturated heterocycles. The van der Waals surface area contributed by atoms with Crippen LogP contribution in [0.4, 0.5) is 0 Å². The monoisotopic (exact) mass is 412 g/mol. The van der Waals surface area contributed by atoms with Gasteiger partial charge in [0.25, 0.3) is 0 Å². The molecule has 2 fully saturated rings. The van der Waals surface area contributed by atoms with E-state index in [1.807, 2.05) is 18.3 Å². The highest BCUT2D eigenvalue weighted by atomic mass is 35.5. The summed E-state index contributed by atoms with van der Waals surface area (Å²) in [5, 5.41) is 4.57. The van der Waals surface area contributed by atoms with E-state index in [9.17, 15) is 0 Å². The second kappa shape index (κ2) is 8.09. The number of nitrogens with zero attached hydrogens (tertiary/aromatic N) is 5. The standard InChI is InChI=1S/C22H29ClN6/c1-27-11-13-28(14-12-27)21-9-3-8-20-26-19(15-29(20)21)17-6-2-7-18(25-17)22-16(23)5-4-10-24-22/h3-5,8-10,17-19,25H,2,6-7,11-15H2,1H3/t17-,18+,19?/m1/s1. The highest BCUT2D eigenvalue weighted by molar-refractivity contribution is 6.31. The number of hydrogen-bond acceptors (Lipinski definition) is 6. The van der Waals surface area contributed by atoms with Crippen LogP contribution in [-0.4, -0.2) is 77.4 Å². The second-order valence-corrected chi connectivity index (χ2v) is 8.87. The Morgan fingerprint density at radius 2 is 2.03 bits per heavy atom. The van der Waals surface area contributed by atoms with E-state index in [1.165, 1.54) is 12.2 Å². The topological polar surface area (TPSA) is 47.0 Å². The largest absolute Gasteiger partial charge is 0.355 e. The van der Waals surface area contributed by atoms with Crippen LogP contribution >= 0.6 is 11.6 Å². The number of amidine groups is 1. The number of allylic oxidation sites excluding steroid dienone is 2. The van der Waals surface area contributed by atoms with Crippen molar-refractivity contribution in [3.05, 3.63) is 53.1 Å². The van der Waals surface area contributed by atoms with Gasteiger partial charge in [0, 0.05) is 45.0 Å². The zero-order chi connectivity index (χ0) is 19.8. The predicted molar refractivity (Wildman–Crippen MR) is 117 cm³/mol. The summed E-state index contributed by atoms with van der Waals surface area (Å²) < 4.78 is 0. The Hall–Kier alpha value is -1.89. The first kappa shape index (κ1) is 19.1. The molecule has 0 spiro atoms. The van der Waals surface area contributed by atoms with Gasteiger partial charge >= 0.3 is 0 Å². The van der Waals surface area contributed by atoms with Crippen molar-refractivity contribution in [3.8, 4) is 0 Å². The van der Waals surface area contributed by atoms with Crippen molar-refractivity contribution in [2.75, 3.05) is 39.8 Å². The summed E-state index contributed by atoms with van der Waals surface area (Å²) in [4.78, 5) is 17.0. The zero-order valence-corrected chi connectivity index (χ0v) is 17.7. The molecule has 0 aromatic carbocycles. The Morgan fingerprint density at radius 3 is 2.86 bits per heavy atom. The summed E-state index contributed by atoms with van der Waals surface area (Å²) in [6.45, 7) is 5.32. The van der Waals surface area contributed by atoms with Gasteiger partial charge in [-0.1, -0.05) is 17.7 Å². The maximum atomic E-state index is 6.42. The van der Waals surface area contributed by atoms with Gasteiger partial charge < -0.3 is 20.0 Å². The van der Waals surface area contributed by atoms with Crippen LogP contribution in [0, 0.1) is 0 Å². The van der Waals surface area contributed by atoms with E-state index in [1.54, 1.807) is 0 Å². The molecule has 6 nitrogen and oxygen atoms in total. The van der Waals surface area contributed by atoms with Gasteiger partial charge in [0.1, 0.15) is 11.7 Å². The molecule has 1 N–H and O–H groups in total. The van der Waals surface area contributed by atoms with Crippen LogP contribution in [0.1, 0.15) is 31.0 Å². The molecule has 0 radical (unpaired) electrons. The van der Waals surface area contributed by atoms with Crippen LogP contribution in [0.5, 0.6) is 0 Å². The van der Waals surface area contributed by atoms with Crippen molar-refractivity contribution in [1.82, 2.24) is 25.0 Å². The summed E-state index contributed by atoms with van der Waals surface area (Å²) in [6.07, 6.45) is 11.8. The van der Waals surface area contributed by atoms with Gasteiger partial charge in [-0.25, -0.2) is 0 Å². The van der Waals surface area contributed by atoms with Crippen LogP contribution in [0.3, 0.4) is 0 Å². The lowest BCUT2D eigenvalue weighted by molar-refractivity contribution is 0.158. The van der Waals surface area contributed by atoms with E-state index in [0.717, 1.165) is 62.1 Å². The Bertz CT molecular complexity index is 841. The number of hydrogen-bond donors (Lipinski definition) is 1. The number of piperidine rings is 1. The average molecular weight is 413 g/mol. The lowest BCUT2D eigenvalue weighted by Crippen LogP contribution is -2.50. The van der Waals surface area contributed by atoms with Crippen LogP contribution in [0.25, 0.3) is 0 Å². The molecule has 154 valence electrons. The fourth-order valence-corrected chi connectivity index (χ4v) is 5.14. The summed E-state index contributed by atoms with van der Waals surface area (Å²) >= 11 is 6.42. The van der Waals surface area contributed by atoms with E-state index in [-0.39, 0.29) is 12.1 Å². The molecule has 7 heteroatoms. The minimum atomic E-state index is 0.212. The Labute approximate surface area is 177 Å². The molecular formula is C22H29ClN6. The van der Waals surface area contributed by atoms with Crippen molar-refractivity contribution >= 4 is 17.4 Å². The minimum absolute atomic E-state index is 0.212. The highest BCUT2D eigenvalue weighted by Gasteiger charge is 2.37. The van der Waals surface area contributed by atoms with Gasteiger partial charge in [-0.15, -0.1) is 0 Å². The smallest absolute Gasteiger partial charge is 0.129 e. The first-order valence-electron chi connectivity index (χ1n) is 10.7. The Morgan fingerprint density at radius 1 is 1.17 bits per heavy atom. The normalized spacial score (nSPS) is 30.2. The number of fused-ring (bicyclic) bond motifs is 1. The molecule has 3 atom stereocenters. The van der Waals surface area contributed by atoms with Crippen molar-refractivity contribution in [3.63, 3.8) is 0 Å². The zero-order valence-electron chi connectivity index (χ0n) is 17.0. The van der Waals surface area contributed by atoms with Crippen LogP contribution in [0.2, 0.25) is 5.02 Å². The number of pyridine rings is 1. The quantitative estimate of drug-likeness (QED) is 0.827. The average Bonchev–Trinajstić information content (AvgIpc) is 3.19. The molecule has 1 aromatic rings. The van der Waals surface area contributed by atoms with Gasteiger partial charge in [0.05, 0.1) is 22.8 Å². The van der Waals surface area contributed by atoms with Gasteiger partial charge in [0.2, 0.25) is 0 Å². The fraction of sp³-hybridized carbons (Fsp3) is 0.545. The molecule has 0 saturated carbocycles. The van der Waals surface area contributed by atoms with Crippen molar-refractivity contribution in [2.24, 2.45) is 4.99 Å². The number of likely N-dealkylation sites (N-methyl/N-ethyl adjacent to an activating group) is 1. The number of halogens is 1. The summed E-state index contributed by atoms with van der Waals surface area (Å²) in [7, 11) is 2.20. The molecule has 1 unspecified atom stereocenters. The van der Waals surface area contributed by atoms with E-state index in [4.69, 9.17) is 16.6 Å². The third-order valence-electron chi connectivity index (χ3n) is 6.54. The number of piperazine rings is 1. The second-order valence-electron chi connectivity index (χ2n) is 8.47. The van der Waals surface area contributed by atoms with E-state index in [0.29, 0.717) is 6.04 Å². The molecule has 0 bridgehead atoms. The van der Waals surface area contributed by atoms with E-state index >= 15 is 0 Å². The Balaban J connectivity index is 1.29. The summed E-state index contributed by atoms with van der Waals surface area (Å²) in [5.74, 6) is 2.41. The Kier molecular flexibility index (Phi) is 5.33. The van der Waals surface area contributed by atoms with E-state index < -0.39 is 0 Å². The lowest BCUT2D eigenvalue weighted by Gasteiger charge is -2.40. The SMILES string of the molecule is CN1CCN(C2=CC=CC3=NC([C@H]4CCC[C@@H](c5ncccc5Cl)N4)CN23)CC1. The van der Waals surface area contributed by atoms with Crippen LogP contribution < -0.4 is 5.32 Å². The molecule has 5 heterocycles. The van der Waals surface area contributed by atoms with Crippen LogP contribution in [0.15, 0.2) is 47.4 Å². The molecular weight excluding hydrogens is 384 g/mol. The predicted octanol–water partition coefficient (Wildman–Crippen LogP) is 2.66. The first-order valence-corrected chi connectivity index (χ1v) is 11.1. The number of rotatable bonds is 3. The van der Waals surface area contributed by atoms with Gasteiger partial charge in [-0.05, 0) is 50.6 Å². The van der Waals surface area contributed by atoms with Gasteiger partial charge in [0.15, 0.2) is 0 Å². The minimum Gasteiger partial charge on any atom is -0.355 e. The summed E-state index contributed by atoms with van der Waals surface area (Å²) in [6, 6.07) is 4.65. The molecule has 1 aromatic heterocycles. The van der Waals surface area contributed by atoms with Gasteiger partial charge in [-0.2, -0.15) is 0 Å². The lowest BCUT2D eigenvalue weighted by atomic mass is 9.92. The van der Waals surface area contributed by atoms with E-state index in [2.05, 4.69) is 50.3 Å². The molecule has 0 aliphatic carbocycles.